The van der Waals surface area contributed by atoms with Crippen LogP contribution in [0.15, 0.2) is 16.7 Å². The molecule has 0 radical (unpaired) electrons. The van der Waals surface area contributed by atoms with Crippen molar-refractivity contribution in [3.8, 4) is 0 Å². The molecule has 1 saturated carbocycles. The number of hydrogen-bond acceptors (Lipinski definition) is 3. The summed E-state index contributed by atoms with van der Waals surface area (Å²) in [6.07, 6.45) is 5.50. The number of halogens is 2. The third-order valence-corrected chi connectivity index (χ3v) is 4.56. The van der Waals surface area contributed by atoms with Crippen molar-refractivity contribution in [2.24, 2.45) is 5.41 Å². The van der Waals surface area contributed by atoms with Crippen LogP contribution in [0.4, 0.5) is 0 Å². The van der Waals surface area contributed by atoms with Crippen LogP contribution < -0.4 is 5.32 Å². The van der Waals surface area contributed by atoms with Crippen LogP contribution in [0.1, 0.15) is 37.9 Å². The quantitative estimate of drug-likeness (QED) is 0.810. The number of nitrogens with one attached hydrogen (secondary N) is 1. The summed E-state index contributed by atoms with van der Waals surface area (Å²) in [4.78, 5) is 4.39. The van der Waals surface area contributed by atoms with Gasteiger partial charge in [-0.25, -0.2) is 0 Å². The molecule has 1 aromatic rings. The van der Waals surface area contributed by atoms with E-state index >= 15 is 0 Å². The molecule has 2 rings (SSSR count). The molecule has 1 atom stereocenters. The number of aromatic nitrogens is 1. The van der Waals surface area contributed by atoms with E-state index in [1.807, 2.05) is 6.07 Å². The van der Waals surface area contributed by atoms with Crippen molar-refractivity contribution in [3.63, 3.8) is 0 Å². The first-order chi connectivity index (χ1) is 9.06. The number of ether oxygens (including phenoxy) is 1. The van der Waals surface area contributed by atoms with Crippen LogP contribution in [0.5, 0.6) is 0 Å². The van der Waals surface area contributed by atoms with Gasteiger partial charge < -0.3 is 10.1 Å². The third kappa shape index (κ3) is 4.15. The van der Waals surface area contributed by atoms with Gasteiger partial charge in [-0.15, -0.1) is 0 Å². The lowest BCUT2D eigenvalue weighted by Gasteiger charge is -2.20. The van der Waals surface area contributed by atoms with Crippen molar-refractivity contribution in [2.75, 3.05) is 20.3 Å². The Morgan fingerprint density at radius 2 is 2.32 bits per heavy atom. The van der Waals surface area contributed by atoms with Crippen molar-refractivity contribution >= 4 is 27.5 Å². The van der Waals surface area contributed by atoms with E-state index in [2.05, 4.69) is 33.2 Å². The Morgan fingerprint density at radius 3 is 2.89 bits per heavy atom. The molecule has 3 nitrogen and oxygen atoms in total. The Morgan fingerprint density at radius 1 is 1.58 bits per heavy atom. The van der Waals surface area contributed by atoms with Gasteiger partial charge in [0.1, 0.15) is 0 Å². The number of pyridine rings is 1. The maximum absolute atomic E-state index is 6.22. The van der Waals surface area contributed by atoms with Gasteiger partial charge in [0.2, 0.25) is 0 Å². The van der Waals surface area contributed by atoms with Crippen molar-refractivity contribution < 1.29 is 4.74 Å². The average Bonchev–Trinajstić information content (AvgIpc) is 3.14. The van der Waals surface area contributed by atoms with Gasteiger partial charge >= 0.3 is 0 Å². The average molecular weight is 348 g/mol. The fraction of sp³-hybridized carbons (Fsp3) is 0.643. The SMILES string of the molecule is COCCC1(CNC(C)c2ncc(Br)cc2Cl)CC1. The Labute approximate surface area is 128 Å². The minimum atomic E-state index is 0.167. The highest BCUT2D eigenvalue weighted by molar-refractivity contribution is 9.10. The Balaban J connectivity index is 1.89. The maximum Gasteiger partial charge on any atom is 0.0756 e. The second-order valence-electron chi connectivity index (χ2n) is 5.37. The van der Waals surface area contributed by atoms with Crippen molar-refractivity contribution in [1.29, 1.82) is 0 Å². The van der Waals surface area contributed by atoms with Gasteiger partial charge in [0.25, 0.3) is 0 Å². The van der Waals surface area contributed by atoms with Gasteiger partial charge in [-0.3, -0.25) is 4.98 Å². The zero-order valence-electron chi connectivity index (χ0n) is 11.4. The topological polar surface area (TPSA) is 34.1 Å². The van der Waals surface area contributed by atoms with E-state index in [1.165, 1.54) is 12.8 Å². The molecule has 0 aliphatic heterocycles. The Bertz CT molecular complexity index is 437. The number of hydrogen-bond donors (Lipinski definition) is 1. The lowest BCUT2D eigenvalue weighted by molar-refractivity contribution is 0.170. The van der Waals surface area contributed by atoms with Gasteiger partial charge in [0.15, 0.2) is 0 Å². The number of rotatable bonds is 7. The van der Waals surface area contributed by atoms with Crippen LogP contribution in [-0.4, -0.2) is 25.2 Å². The summed E-state index contributed by atoms with van der Waals surface area (Å²) in [5.41, 5.74) is 1.35. The molecular weight excluding hydrogens is 328 g/mol. The smallest absolute Gasteiger partial charge is 0.0756 e. The summed E-state index contributed by atoms with van der Waals surface area (Å²) in [7, 11) is 1.76. The maximum atomic E-state index is 6.22. The first kappa shape index (κ1) is 15.2. The van der Waals surface area contributed by atoms with E-state index in [-0.39, 0.29) is 6.04 Å². The standard InChI is InChI=1S/C14H20BrClN2O/c1-10(13-12(16)7-11(15)8-17-13)18-9-14(3-4-14)5-6-19-2/h7-8,10,18H,3-6,9H2,1-2H3. The number of nitrogens with zero attached hydrogens (tertiary/aromatic N) is 1. The van der Waals surface area contributed by atoms with E-state index in [9.17, 15) is 0 Å². The van der Waals surface area contributed by atoms with Gasteiger partial charge in [-0.1, -0.05) is 11.6 Å². The molecule has 1 unspecified atom stereocenters. The summed E-state index contributed by atoms with van der Waals surface area (Å²) >= 11 is 9.59. The molecule has 0 spiro atoms. The van der Waals surface area contributed by atoms with E-state index in [0.29, 0.717) is 10.4 Å². The largest absolute Gasteiger partial charge is 0.385 e. The molecule has 1 aliphatic carbocycles. The highest BCUT2D eigenvalue weighted by Crippen LogP contribution is 2.48. The normalized spacial score (nSPS) is 18.3. The van der Waals surface area contributed by atoms with Crippen LogP contribution in [0.2, 0.25) is 5.02 Å². The highest BCUT2D eigenvalue weighted by Gasteiger charge is 2.41. The fourth-order valence-electron chi connectivity index (χ4n) is 2.22. The molecule has 1 fully saturated rings. The molecule has 106 valence electrons. The lowest BCUT2D eigenvalue weighted by Crippen LogP contribution is -2.28. The minimum Gasteiger partial charge on any atom is -0.385 e. The third-order valence-electron chi connectivity index (χ3n) is 3.82. The predicted octanol–water partition coefficient (Wildman–Crippen LogP) is 3.96. The van der Waals surface area contributed by atoms with Gasteiger partial charge in [0, 0.05) is 37.0 Å². The zero-order chi connectivity index (χ0) is 13.9. The first-order valence-electron chi connectivity index (χ1n) is 6.60. The van der Waals surface area contributed by atoms with Crippen molar-refractivity contribution in [3.05, 3.63) is 27.5 Å². The first-order valence-corrected chi connectivity index (χ1v) is 7.77. The molecular formula is C14H20BrClN2O. The lowest BCUT2D eigenvalue weighted by atomic mass is 10.0. The predicted molar refractivity (Wildman–Crippen MR) is 81.5 cm³/mol. The van der Waals surface area contributed by atoms with Gasteiger partial charge in [0.05, 0.1) is 10.7 Å². The molecule has 0 aromatic carbocycles. The van der Waals surface area contributed by atoms with E-state index < -0.39 is 0 Å². The summed E-state index contributed by atoms with van der Waals surface area (Å²) in [6, 6.07) is 2.06. The van der Waals surface area contributed by atoms with Crippen LogP contribution >= 0.6 is 27.5 Å². The fourth-order valence-corrected chi connectivity index (χ4v) is 3.01. The summed E-state index contributed by atoms with van der Waals surface area (Å²) in [6.45, 7) is 3.95. The van der Waals surface area contributed by atoms with Gasteiger partial charge in [-0.2, -0.15) is 0 Å². The molecule has 1 N–H and O–H groups in total. The molecule has 0 saturated heterocycles. The van der Waals surface area contributed by atoms with Crippen LogP contribution in [0.25, 0.3) is 0 Å². The van der Waals surface area contributed by atoms with Gasteiger partial charge in [-0.05, 0) is 53.6 Å². The van der Waals surface area contributed by atoms with Crippen molar-refractivity contribution in [2.45, 2.75) is 32.2 Å². The van der Waals surface area contributed by atoms with E-state index in [4.69, 9.17) is 16.3 Å². The summed E-state index contributed by atoms with van der Waals surface area (Å²) < 4.78 is 6.08. The molecule has 19 heavy (non-hydrogen) atoms. The summed E-state index contributed by atoms with van der Waals surface area (Å²) in [5.74, 6) is 0. The summed E-state index contributed by atoms with van der Waals surface area (Å²) in [5, 5.41) is 4.26. The molecule has 5 heteroatoms. The van der Waals surface area contributed by atoms with Crippen LogP contribution in [0, 0.1) is 5.41 Å². The second kappa shape index (κ2) is 6.53. The monoisotopic (exact) mass is 346 g/mol. The Hall–Kier alpha value is -0.160. The molecule has 0 bridgehead atoms. The van der Waals surface area contributed by atoms with E-state index in [1.54, 1.807) is 13.3 Å². The molecule has 1 heterocycles. The van der Waals surface area contributed by atoms with Crippen LogP contribution in [-0.2, 0) is 4.74 Å². The zero-order valence-corrected chi connectivity index (χ0v) is 13.7. The number of methoxy groups -OCH3 is 1. The highest BCUT2D eigenvalue weighted by atomic mass is 79.9. The van der Waals surface area contributed by atoms with Crippen molar-refractivity contribution in [1.82, 2.24) is 10.3 Å². The molecule has 1 aliphatic rings. The second-order valence-corrected chi connectivity index (χ2v) is 6.69. The molecule has 0 amide bonds. The molecule has 1 aromatic heterocycles. The van der Waals surface area contributed by atoms with E-state index in [0.717, 1.165) is 29.7 Å². The van der Waals surface area contributed by atoms with Crippen LogP contribution in [0.3, 0.4) is 0 Å². The Kier molecular flexibility index (Phi) is 5.23. The minimum absolute atomic E-state index is 0.167.